The van der Waals surface area contributed by atoms with Crippen molar-refractivity contribution in [2.24, 2.45) is 5.92 Å². The molecule has 2 unspecified atom stereocenters. The fraction of sp³-hybridized carbons (Fsp3) is 0.750. The van der Waals surface area contributed by atoms with E-state index in [9.17, 15) is 0 Å². The number of anilines is 1. The predicted molar refractivity (Wildman–Crippen MR) is 82.1 cm³/mol. The van der Waals surface area contributed by atoms with Crippen LogP contribution in [0.1, 0.15) is 43.9 Å². The van der Waals surface area contributed by atoms with Gasteiger partial charge >= 0.3 is 0 Å². The minimum absolute atomic E-state index is 0.579. The molecular weight excluding hydrogens is 248 g/mol. The number of hydrogen-bond donors (Lipinski definition) is 1. The maximum absolute atomic E-state index is 4.63. The number of piperidine rings is 1. The van der Waals surface area contributed by atoms with Crippen LogP contribution in [-0.2, 0) is 12.8 Å². The third-order valence-corrected chi connectivity index (χ3v) is 5.02. The highest BCUT2D eigenvalue weighted by molar-refractivity contribution is 5.50. The summed E-state index contributed by atoms with van der Waals surface area (Å²) in [5.41, 5.74) is 2.72. The Bertz CT molecular complexity index is 460. The van der Waals surface area contributed by atoms with Gasteiger partial charge < -0.3 is 10.2 Å². The predicted octanol–water partition coefficient (Wildman–Crippen LogP) is 2.18. The van der Waals surface area contributed by atoms with Crippen LogP contribution in [0.5, 0.6) is 0 Å². The number of fused-ring (bicyclic) bond motifs is 1. The van der Waals surface area contributed by atoms with Crippen molar-refractivity contribution in [1.29, 1.82) is 0 Å². The molecule has 0 aromatic carbocycles. The van der Waals surface area contributed by atoms with Gasteiger partial charge in [0.15, 0.2) is 0 Å². The van der Waals surface area contributed by atoms with E-state index >= 15 is 0 Å². The van der Waals surface area contributed by atoms with Gasteiger partial charge in [-0.1, -0.05) is 0 Å². The molecule has 4 heteroatoms. The lowest BCUT2D eigenvalue weighted by atomic mass is 9.90. The Kier molecular flexibility index (Phi) is 4.20. The Hall–Kier alpha value is -1.16. The molecule has 0 spiro atoms. The number of aryl methyl sites for hydroxylation is 1. The molecule has 0 amide bonds. The lowest BCUT2D eigenvalue weighted by Crippen LogP contribution is -2.44. The number of nitrogens with one attached hydrogen (secondary N) is 1. The van der Waals surface area contributed by atoms with Crippen LogP contribution in [0, 0.1) is 5.92 Å². The Morgan fingerprint density at radius 3 is 2.95 bits per heavy atom. The first kappa shape index (κ1) is 13.8. The zero-order valence-corrected chi connectivity index (χ0v) is 12.7. The van der Waals surface area contributed by atoms with Crippen LogP contribution in [0.25, 0.3) is 0 Å². The monoisotopic (exact) mass is 274 g/mol. The summed E-state index contributed by atoms with van der Waals surface area (Å²) in [4.78, 5) is 11.6. The summed E-state index contributed by atoms with van der Waals surface area (Å²) in [6.07, 6.45) is 9.23. The van der Waals surface area contributed by atoms with Gasteiger partial charge in [-0.25, -0.2) is 9.97 Å². The zero-order valence-electron chi connectivity index (χ0n) is 12.7. The van der Waals surface area contributed by atoms with Crippen molar-refractivity contribution in [1.82, 2.24) is 15.3 Å². The molecule has 110 valence electrons. The molecule has 1 N–H and O–H groups in total. The average molecular weight is 274 g/mol. The highest BCUT2D eigenvalue weighted by Gasteiger charge is 2.27. The Morgan fingerprint density at radius 2 is 2.10 bits per heavy atom. The zero-order chi connectivity index (χ0) is 13.9. The van der Waals surface area contributed by atoms with E-state index in [1.54, 1.807) is 6.33 Å². The summed E-state index contributed by atoms with van der Waals surface area (Å²) < 4.78 is 0. The molecule has 1 saturated heterocycles. The molecule has 0 saturated carbocycles. The Morgan fingerprint density at radius 1 is 1.25 bits per heavy atom. The number of hydrogen-bond acceptors (Lipinski definition) is 4. The summed E-state index contributed by atoms with van der Waals surface area (Å²) in [5, 5.41) is 3.41. The van der Waals surface area contributed by atoms with Gasteiger partial charge in [0.1, 0.15) is 12.1 Å². The van der Waals surface area contributed by atoms with E-state index in [4.69, 9.17) is 0 Å². The maximum Gasteiger partial charge on any atom is 0.135 e. The van der Waals surface area contributed by atoms with Gasteiger partial charge in [0, 0.05) is 30.4 Å². The van der Waals surface area contributed by atoms with Crippen LogP contribution >= 0.6 is 0 Å². The highest BCUT2D eigenvalue weighted by atomic mass is 15.2. The quantitative estimate of drug-likeness (QED) is 0.917. The van der Waals surface area contributed by atoms with E-state index in [0.29, 0.717) is 6.04 Å². The Balaban J connectivity index is 1.82. The minimum Gasteiger partial charge on any atom is -0.356 e. The number of nitrogens with zero attached hydrogens (tertiary/aromatic N) is 3. The third-order valence-electron chi connectivity index (χ3n) is 5.02. The molecular formula is C16H26N4. The molecule has 2 aliphatic rings. The lowest BCUT2D eigenvalue weighted by molar-refractivity contribution is 0.332. The molecule has 1 aromatic heterocycles. The standard InChI is InChI=1S/C16H26N4/c1-12(17-2)13-6-5-9-20(10-13)16-14-7-3-4-8-15(14)18-11-19-16/h11-13,17H,3-10H2,1-2H3. The minimum atomic E-state index is 0.579. The fourth-order valence-corrected chi connectivity index (χ4v) is 3.62. The molecule has 1 aliphatic carbocycles. The maximum atomic E-state index is 4.63. The van der Waals surface area contributed by atoms with Crippen molar-refractivity contribution in [3.05, 3.63) is 17.6 Å². The van der Waals surface area contributed by atoms with E-state index in [2.05, 4.69) is 34.2 Å². The largest absolute Gasteiger partial charge is 0.356 e. The molecule has 2 atom stereocenters. The van der Waals surface area contributed by atoms with Gasteiger partial charge in [0.2, 0.25) is 0 Å². The SMILES string of the molecule is CNC(C)C1CCCN(c2ncnc3c2CCCC3)C1. The Labute approximate surface area is 122 Å². The molecule has 3 rings (SSSR count). The van der Waals surface area contributed by atoms with Crippen LogP contribution < -0.4 is 10.2 Å². The van der Waals surface area contributed by atoms with E-state index < -0.39 is 0 Å². The van der Waals surface area contributed by atoms with Crippen LogP contribution in [0.2, 0.25) is 0 Å². The van der Waals surface area contributed by atoms with Crippen molar-refractivity contribution >= 4 is 5.82 Å². The highest BCUT2D eigenvalue weighted by Crippen LogP contribution is 2.30. The van der Waals surface area contributed by atoms with Crippen molar-refractivity contribution in [2.75, 3.05) is 25.0 Å². The molecule has 2 heterocycles. The summed E-state index contributed by atoms with van der Waals surface area (Å²) in [7, 11) is 2.07. The molecule has 0 radical (unpaired) electrons. The van der Waals surface area contributed by atoms with Crippen molar-refractivity contribution in [3.63, 3.8) is 0 Å². The van der Waals surface area contributed by atoms with Crippen molar-refractivity contribution in [2.45, 2.75) is 51.5 Å². The number of rotatable bonds is 3. The normalized spacial score (nSPS) is 24.3. The van der Waals surface area contributed by atoms with Gasteiger partial charge in [-0.15, -0.1) is 0 Å². The first-order chi connectivity index (χ1) is 9.79. The van der Waals surface area contributed by atoms with E-state index in [1.807, 2.05) is 0 Å². The smallest absolute Gasteiger partial charge is 0.135 e. The second-order valence-electron chi connectivity index (χ2n) is 6.26. The first-order valence-corrected chi connectivity index (χ1v) is 8.04. The average Bonchev–Trinajstić information content (AvgIpc) is 2.53. The van der Waals surface area contributed by atoms with Crippen molar-refractivity contribution < 1.29 is 0 Å². The summed E-state index contributed by atoms with van der Waals surface area (Å²) >= 11 is 0. The summed E-state index contributed by atoms with van der Waals surface area (Å²) in [5.74, 6) is 1.95. The van der Waals surface area contributed by atoms with E-state index in [1.165, 1.54) is 42.8 Å². The van der Waals surface area contributed by atoms with Crippen LogP contribution in [-0.4, -0.2) is 36.1 Å². The van der Waals surface area contributed by atoms with E-state index in [0.717, 1.165) is 31.8 Å². The third kappa shape index (κ3) is 2.66. The summed E-state index contributed by atoms with van der Waals surface area (Å²) in [6.45, 7) is 4.57. The molecule has 1 aromatic rings. The van der Waals surface area contributed by atoms with Gasteiger partial charge in [0.05, 0.1) is 0 Å². The molecule has 4 nitrogen and oxygen atoms in total. The second kappa shape index (κ2) is 6.08. The topological polar surface area (TPSA) is 41.0 Å². The molecule has 1 aliphatic heterocycles. The van der Waals surface area contributed by atoms with Gasteiger partial charge in [-0.3, -0.25) is 0 Å². The number of aromatic nitrogens is 2. The molecule has 0 bridgehead atoms. The van der Waals surface area contributed by atoms with Gasteiger partial charge in [-0.2, -0.15) is 0 Å². The molecule has 1 fully saturated rings. The summed E-state index contributed by atoms with van der Waals surface area (Å²) in [6, 6.07) is 0.579. The van der Waals surface area contributed by atoms with Gasteiger partial charge in [0.25, 0.3) is 0 Å². The van der Waals surface area contributed by atoms with Crippen LogP contribution in [0.3, 0.4) is 0 Å². The van der Waals surface area contributed by atoms with Crippen molar-refractivity contribution in [3.8, 4) is 0 Å². The van der Waals surface area contributed by atoms with Crippen LogP contribution in [0.4, 0.5) is 5.82 Å². The fourth-order valence-electron chi connectivity index (χ4n) is 3.62. The lowest BCUT2D eigenvalue weighted by Gasteiger charge is -2.37. The first-order valence-electron chi connectivity index (χ1n) is 8.04. The van der Waals surface area contributed by atoms with Gasteiger partial charge in [-0.05, 0) is 58.4 Å². The molecule has 20 heavy (non-hydrogen) atoms. The second-order valence-corrected chi connectivity index (χ2v) is 6.26. The van der Waals surface area contributed by atoms with Crippen LogP contribution in [0.15, 0.2) is 6.33 Å². The van der Waals surface area contributed by atoms with E-state index in [-0.39, 0.29) is 0 Å².